The molecule has 0 bridgehead atoms. The molecule has 1 aliphatic heterocycles. The Balaban J connectivity index is 1.27. The zero-order valence-electron chi connectivity index (χ0n) is 26.1. The first-order valence-corrected chi connectivity index (χ1v) is 15.9. The minimum absolute atomic E-state index is 0.141. The van der Waals surface area contributed by atoms with Gasteiger partial charge in [0.2, 0.25) is 0 Å². The molecule has 0 unspecified atom stereocenters. The molecule has 1 aromatic heterocycles. The van der Waals surface area contributed by atoms with Crippen LogP contribution in [-0.2, 0) is 5.41 Å². The van der Waals surface area contributed by atoms with E-state index in [-0.39, 0.29) is 5.41 Å². The van der Waals surface area contributed by atoms with Crippen LogP contribution in [0, 0.1) is 0 Å². The maximum Gasteiger partial charge on any atom is 0.164 e. The molecular weight excluding hydrogens is 576 g/mol. The molecule has 0 saturated carbocycles. The number of rotatable bonds is 4. The second-order valence-corrected chi connectivity index (χ2v) is 12.5. The van der Waals surface area contributed by atoms with Gasteiger partial charge < -0.3 is 9.64 Å². The first-order chi connectivity index (χ1) is 23.1. The van der Waals surface area contributed by atoms with Crippen molar-refractivity contribution in [3.05, 3.63) is 157 Å². The third kappa shape index (κ3) is 4.35. The molecule has 7 aromatic rings. The molecule has 0 N–H and O–H groups in total. The van der Waals surface area contributed by atoms with Gasteiger partial charge in [0.25, 0.3) is 0 Å². The highest BCUT2D eigenvalue weighted by molar-refractivity contribution is 6.00. The molecule has 0 saturated heterocycles. The number of anilines is 3. The number of benzene rings is 6. The average Bonchev–Trinajstić information content (AvgIpc) is 3.37. The Labute approximate surface area is 273 Å². The van der Waals surface area contributed by atoms with Crippen LogP contribution in [0.4, 0.5) is 17.1 Å². The van der Waals surface area contributed by atoms with Crippen molar-refractivity contribution in [2.45, 2.75) is 19.3 Å². The lowest BCUT2D eigenvalue weighted by Gasteiger charge is -2.35. The van der Waals surface area contributed by atoms with Crippen molar-refractivity contribution >= 4 is 17.1 Å². The summed E-state index contributed by atoms with van der Waals surface area (Å²) in [5.41, 5.74) is 10.7. The van der Waals surface area contributed by atoms with E-state index in [1.54, 1.807) is 0 Å². The Kier molecular flexibility index (Phi) is 6.09. The highest BCUT2D eigenvalue weighted by Gasteiger charge is 2.41. The molecule has 2 aliphatic rings. The van der Waals surface area contributed by atoms with Crippen molar-refractivity contribution < 1.29 is 4.74 Å². The van der Waals surface area contributed by atoms with Crippen LogP contribution in [0.2, 0.25) is 0 Å². The van der Waals surface area contributed by atoms with Crippen LogP contribution in [0.1, 0.15) is 25.0 Å². The van der Waals surface area contributed by atoms with Gasteiger partial charge in [-0.1, -0.05) is 123 Å². The molecule has 0 radical (unpaired) electrons. The summed E-state index contributed by atoms with van der Waals surface area (Å²) in [6.45, 7) is 4.62. The second kappa shape index (κ2) is 10.5. The summed E-state index contributed by atoms with van der Waals surface area (Å²) in [6.07, 6.45) is 0. The summed E-state index contributed by atoms with van der Waals surface area (Å²) in [7, 11) is 0. The van der Waals surface area contributed by atoms with Crippen LogP contribution in [-0.4, -0.2) is 15.0 Å². The Morgan fingerprint density at radius 3 is 1.72 bits per heavy atom. The number of hydrogen-bond donors (Lipinski definition) is 0. The zero-order chi connectivity index (χ0) is 31.5. The molecule has 5 heteroatoms. The third-order valence-corrected chi connectivity index (χ3v) is 9.30. The van der Waals surface area contributed by atoms with Gasteiger partial charge in [0.15, 0.2) is 29.0 Å². The fourth-order valence-electron chi connectivity index (χ4n) is 7.00. The molecular formula is C42H30N4O. The van der Waals surface area contributed by atoms with Gasteiger partial charge in [0.1, 0.15) is 0 Å². The molecule has 2 heterocycles. The van der Waals surface area contributed by atoms with Gasteiger partial charge in [-0.25, -0.2) is 15.0 Å². The van der Waals surface area contributed by atoms with Gasteiger partial charge in [-0.2, -0.15) is 0 Å². The standard InChI is InChI=1S/C42H30N4O/c1-42(2)32-21-13-12-20-31(32)37-33(42)23-25-36-38(37)46(30-18-10-5-11-19-30)34-26-29(22-24-35(34)47-36)41-44-39(27-14-6-3-7-15-27)43-40(45-41)28-16-8-4-9-17-28/h3-26H,1-2H3. The molecule has 224 valence electrons. The minimum Gasteiger partial charge on any atom is -0.453 e. The predicted octanol–water partition coefficient (Wildman–Crippen LogP) is 10.8. The van der Waals surface area contributed by atoms with Gasteiger partial charge in [-0.3, -0.25) is 0 Å². The molecule has 0 fully saturated rings. The molecule has 1 aliphatic carbocycles. The summed E-state index contributed by atoms with van der Waals surface area (Å²) in [5, 5.41) is 0. The Bertz CT molecular complexity index is 2240. The van der Waals surface area contributed by atoms with E-state index in [1.165, 1.54) is 22.3 Å². The smallest absolute Gasteiger partial charge is 0.164 e. The van der Waals surface area contributed by atoms with E-state index in [2.05, 4.69) is 91.5 Å². The number of nitrogens with zero attached hydrogens (tertiary/aromatic N) is 4. The van der Waals surface area contributed by atoms with E-state index < -0.39 is 0 Å². The molecule has 9 rings (SSSR count). The van der Waals surface area contributed by atoms with E-state index >= 15 is 0 Å². The fourth-order valence-corrected chi connectivity index (χ4v) is 7.00. The minimum atomic E-state index is -0.141. The first-order valence-electron chi connectivity index (χ1n) is 15.9. The van der Waals surface area contributed by atoms with Gasteiger partial charge in [0, 0.05) is 33.4 Å². The summed E-state index contributed by atoms with van der Waals surface area (Å²) >= 11 is 0. The molecule has 0 amide bonds. The lowest BCUT2D eigenvalue weighted by molar-refractivity contribution is 0.477. The number of ether oxygens (including phenoxy) is 1. The average molecular weight is 607 g/mol. The van der Waals surface area contributed by atoms with Crippen LogP contribution >= 0.6 is 0 Å². The second-order valence-electron chi connectivity index (χ2n) is 12.5. The van der Waals surface area contributed by atoms with E-state index in [4.69, 9.17) is 19.7 Å². The highest BCUT2D eigenvalue weighted by Crippen LogP contribution is 2.60. The Hall–Kier alpha value is -6.07. The van der Waals surface area contributed by atoms with Crippen LogP contribution in [0.5, 0.6) is 11.5 Å². The number of para-hydroxylation sites is 1. The van der Waals surface area contributed by atoms with Gasteiger partial charge in [-0.05, 0) is 53.1 Å². The summed E-state index contributed by atoms with van der Waals surface area (Å²) < 4.78 is 6.72. The molecule has 6 aromatic carbocycles. The Morgan fingerprint density at radius 1 is 0.511 bits per heavy atom. The topological polar surface area (TPSA) is 51.1 Å². The molecule has 47 heavy (non-hydrogen) atoms. The third-order valence-electron chi connectivity index (χ3n) is 9.30. The molecule has 0 atom stereocenters. The summed E-state index contributed by atoms with van der Waals surface area (Å²) in [5.74, 6) is 3.47. The van der Waals surface area contributed by atoms with Crippen LogP contribution in [0.25, 0.3) is 45.3 Å². The lowest BCUT2D eigenvalue weighted by Crippen LogP contribution is -2.19. The number of fused-ring (bicyclic) bond motifs is 6. The van der Waals surface area contributed by atoms with Crippen LogP contribution in [0.3, 0.4) is 0 Å². The van der Waals surface area contributed by atoms with E-state index in [0.717, 1.165) is 45.3 Å². The van der Waals surface area contributed by atoms with Gasteiger partial charge >= 0.3 is 0 Å². The molecule has 5 nitrogen and oxygen atoms in total. The van der Waals surface area contributed by atoms with Crippen molar-refractivity contribution in [2.75, 3.05) is 4.90 Å². The number of hydrogen-bond acceptors (Lipinski definition) is 5. The van der Waals surface area contributed by atoms with Crippen molar-refractivity contribution in [3.8, 4) is 56.8 Å². The van der Waals surface area contributed by atoms with E-state index in [0.29, 0.717) is 17.5 Å². The monoisotopic (exact) mass is 606 g/mol. The summed E-state index contributed by atoms with van der Waals surface area (Å²) in [4.78, 5) is 17.3. The largest absolute Gasteiger partial charge is 0.453 e. The van der Waals surface area contributed by atoms with Crippen molar-refractivity contribution in [1.82, 2.24) is 15.0 Å². The fraction of sp³-hybridized carbons (Fsp3) is 0.0714. The SMILES string of the molecule is CC1(C)c2ccccc2-c2c1ccc1c2N(c2ccccc2)c2cc(-c3nc(-c4ccccc4)nc(-c4ccccc4)n3)ccc2O1. The van der Waals surface area contributed by atoms with Gasteiger partial charge in [0.05, 0.1) is 11.4 Å². The zero-order valence-corrected chi connectivity index (χ0v) is 26.1. The van der Waals surface area contributed by atoms with Crippen molar-refractivity contribution in [3.63, 3.8) is 0 Å². The van der Waals surface area contributed by atoms with E-state index in [9.17, 15) is 0 Å². The maximum absolute atomic E-state index is 6.72. The molecule has 0 spiro atoms. The maximum atomic E-state index is 6.72. The summed E-state index contributed by atoms with van der Waals surface area (Å²) in [6, 6.07) is 50.0. The highest BCUT2D eigenvalue weighted by atomic mass is 16.5. The van der Waals surface area contributed by atoms with Crippen LogP contribution in [0.15, 0.2) is 146 Å². The van der Waals surface area contributed by atoms with E-state index in [1.807, 2.05) is 72.8 Å². The lowest BCUT2D eigenvalue weighted by atomic mass is 9.82. The van der Waals surface area contributed by atoms with Crippen molar-refractivity contribution in [1.29, 1.82) is 0 Å². The predicted molar refractivity (Wildman–Crippen MR) is 188 cm³/mol. The van der Waals surface area contributed by atoms with Gasteiger partial charge in [-0.15, -0.1) is 0 Å². The quantitative estimate of drug-likeness (QED) is 0.199. The first kappa shape index (κ1) is 27.3. The Morgan fingerprint density at radius 2 is 1.06 bits per heavy atom. The van der Waals surface area contributed by atoms with Crippen molar-refractivity contribution in [2.24, 2.45) is 0 Å². The van der Waals surface area contributed by atoms with Crippen LogP contribution < -0.4 is 9.64 Å². The normalized spacial score (nSPS) is 13.6. The number of aromatic nitrogens is 3.